The third-order valence-corrected chi connectivity index (χ3v) is 5.31. The summed E-state index contributed by atoms with van der Waals surface area (Å²) in [6.45, 7) is 9.46. The third kappa shape index (κ3) is 19.5. The molecule has 0 amide bonds. The van der Waals surface area contributed by atoms with Crippen LogP contribution < -0.4 is 0 Å². The van der Waals surface area contributed by atoms with Crippen molar-refractivity contribution in [3.05, 3.63) is 0 Å². The van der Waals surface area contributed by atoms with Crippen molar-refractivity contribution in [1.29, 1.82) is 0 Å². The summed E-state index contributed by atoms with van der Waals surface area (Å²) in [6, 6.07) is 0. The minimum atomic E-state index is -0.396. The second-order valence-corrected chi connectivity index (χ2v) is 8.43. The van der Waals surface area contributed by atoms with E-state index in [-0.39, 0.29) is 11.9 Å². The summed E-state index contributed by atoms with van der Waals surface area (Å²) >= 11 is 0. The second-order valence-electron chi connectivity index (χ2n) is 8.43. The molecule has 0 aromatic heterocycles. The Morgan fingerprint density at radius 3 is 1.19 bits per heavy atom. The van der Waals surface area contributed by atoms with Crippen molar-refractivity contribution < 1.29 is 28.5 Å². The van der Waals surface area contributed by atoms with Crippen molar-refractivity contribution >= 4 is 11.9 Å². The summed E-state index contributed by atoms with van der Waals surface area (Å²) < 4.78 is 21.9. The van der Waals surface area contributed by atoms with Crippen molar-refractivity contribution in [3.8, 4) is 0 Å². The molecule has 6 heteroatoms. The van der Waals surface area contributed by atoms with Crippen LogP contribution in [0.2, 0.25) is 0 Å². The van der Waals surface area contributed by atoms with Gasteiger partial charge in [-0.25, -0.2) is 0 Å². The number of esters is 2. The summed E-state index contributed by atoms with van der Waals surface area (Å²) in [6.07, 6.45) is 14.1. The highest BCUT2D eigenvalue weighted by atomic mass is 16.7. The van der Waals surface area contributed by atoms with Crippen LogP contribution >= 0.6 is 0 Å². The molecule has 0 saturated carbocycles. The van der Waals surface area contributed by atoms with Crippen LogP contribution in [0.1, 0.15) is 130 Å². The van der Waals surface area contributed by atoms with E-state index in [1.165, 1.54) is 12.8 Å². The Labute approximate surface area is 197 Å². The largest absolute Gasteiger partial charge is 0.436 e. The molecule has 6 nitrogen and oxygen atoms in total. The smallest absolute Gasteiger partial charge is 0.308 e. The molecule has 0 aliphatic rings. The predicted octanol–water partition coefficient (Wildman–Crippen LogP) is 7.08. The van der Waals surface area contributed by atoms with Gasteiger partial charge >= 0.3 is 11.9 Å². The van der Waals surface area contributed by atoms with Crippen LogP contribution in [0, 0.1) is 0 Å². The van der Waals surface area contributed by atoms with E-state index in [0.29, 0.717) is 38.9 Å². The molecular formula is C26H50O6. The van der Waals surface area contributed by atoms with E-state index < -0.39 is 12.6 Å². The van der Waals surface area contributed by atoms with Crippen LogP contribution in [-0.2, 0) is 28.5 Å². The highest BCUT2D eigenvalue weighted by Crippen LogP contribution is 2.13. The lowest BCUT2D eigenvalue weighted by atomic mass is 10.1. The maximum absolute atomic E-state index is 11.9. The molecule has 190 valence electrons. The molecule has 0 aromatic rings. The molecule has 0 aromatic carbocycles. The van der Waals surface area contributed by atoms with Crippen LogP contribution in [0.3, 0.4) is 0 Å². The average molecular weight is 459 g/mol. The third-order valence-electron chi connectivity index (χ3n) is 5.31. The summed E-state index contributed by atoms with van der Waals surface area (Å²) in [5, 5.41) is 0. The van der Waals surface area contributed by atoms with Gasteiger partial charge in [0.25, 0.3) is 0 Å². The zero-order valence-electron chi connectivity index (χ0n) is 21.3. The van der Waals surface area contributed by atoms with Gasteiger partial charge in [0.2, 0.25) is 12.6 Å². The van der Waals surface area contributed by atoms with Crippen LogP contribution in [0.5, 0.6) is 0 Å². The summed E-state index contributed by atoms with van der Waals surface area (Å²) in [5.41, 5.74) is 0. The Hall–Kier alpha value is -1.14. The maximum atomic E-state index is 11.9. The van der Waals surface area contributed by atoms with Crippen LogP contribution in [-0.4, -0.2) is 37.7 Å². The minimum Gasteiger partial charge on any atom is -0.436 e. The van der Waals surface area contributed by atoms with Crippen LogP contribution in [0.4, 0.5) is 0 Å². The molecule has 0 heterocycles. The van der Waals surface area contributed by atoms with E-state index in [1.54, 1.807) is 0 Å². The lowest BCUT2D eigenvalue weighted by Crippen LogP contribution is -2.21. The molecule has 0 radical (unpaired) electrons. The van der Waals surface area contributed by atoms with Gasteiger partial charge in [-0.1, -0.05) is 79.1 Å². The standard InChI is InChI=1S/C26H50O6/c1-5-9-21-29-25(7-3)31-23(27)19-17-15-13-11-12-14-16-18-20-24(28)32-26(8-4)30-22-10-6-2/h25-26H,5-22H2,1-4H3. The normalized spacial score (nSPS) is 13.0. The molecule has 0 aliphatic heterocycles. The Morgan fingerprint density at radius 2 is 0.875 bits per heavy atom. The topological polar surface area (TPSA) is 71.1 Å². The zero-order chi connectivity index (χ0) is 23.9. The second kappa shape index (κ2) is 23.0. The molecule has 2 unspecified atom stereocenters. The number of unbranched alkanes of at least 4 members (excludes halogenated alkanes) is 9. The zero-order valence-corrected chi connectivity index (χ0v) is 21.3. The summed E-state index contributed by atoms with van der Waals surface area (Å²) in [5.74, 6) is -0.303. The first-order valence-corrected chi connectivity index (χ1v) is 13.2. The van der Waals surface area contributed by atoms with Crippen molar-refractivity contribution in [1.82, 2.24) is 0 Å². The lowest BCUT2D eigenvalue weighted by Gasteiger charge is -2.16. The highest BCUT2D eigenvalue weighted by molar-refractivity contribution is 5.69. The monoisotopic (exact) mass is 458 g/mol. The summed E-state index contributed by atoms with van der Waals surface area (Å²) in [4.78, 5) is 23.8. The molecule has 0 saturated heterocycles. The van der Waals surface area contributed by atoms with Gasteiger partial charge in [0, 0.05) is 25.7 Å². The van der Waals surface area contributed by atoms with Gasteiger partial charge in [-0.2, -0.15) is 0 Å². The fraction of sp³-hybridized carbons (Fsp3) is 0.923. The molecule has 0 fully saturated rings. The molecule has 0 rings (SSSR count). The summed E-state index contributed by atoms with van der Waals surface area (Å²) in [7, 11) is 0. The molecule has 0 bridgehead atoms. The average Bonchev–Trinajstić information content (AvgIpc) is 2.79. The van der Waals surface area contributed by atoms with Crippen LogP contribution in [0.25, 0.3) is 0 Å². The fourth-order valence-corrected chi connectivity index (χ4v) is 3.20. The van der Waals surface area contributed by atoms with Gasteiger partial charge in [-0.3, -0.25) is 9.59 Å². The number of hydrogen-bond donors (Lipinski definition) is 0. The quantitative estimate of drug-likeness (QED) is 0.0925. The van der Waals surface area contributed by atoms with Crippen molar-refractivity contribution in [2.45, 2.75) is 143 Å². The van der Waals surface area contributed by atoms with E-state index >= 15 is 0 Å². The van der Waals surface area contributed by atoms with E-state index in [9.17, 15) is 9.59 Å². The van der Waals surface area contributed by atoms with Gasteiger partial charge in [0.05, 0.1) is 13.2 Å². The van der Waals surface area contributed by atoms with Crippen molar-refractivity contribution in [2.75, 3.05) is 13.2 Å². The molecule has 2 atom stereocenters. The van der Waals surface area contributed by atoms with E-state index in [2.05, 4.69) is 13.8 Å². The Balaban J connectivity index is 3.56. The van der Waals surface area contributed by atoms with Gasteiger partial charge in [-0.05, 0) is 25.7 Å². The molecule has 0 spiro atoms. The number of ether oxygens (including phenoxy) is 4. The SMILES string of the molecule is CCCCOC(CC)OC(=O)CCCCCCCCCCC(=O)OC(CC)OCCCC. The van der Waals surface area contributed by atoms with Crippen molar-refractivity contribution in [2.24, 2.45) is 0 Å². The lowest BCUT2D eigenvalue weighted by molar-refractivity contribution is -0.180. The Morgan fingerprint density at radius 1 is 0.531 bits per heavy atom. The first-order chi connectivity index (χ1) is 15.6. The Bertz CT molecular complexity index is 400. The first kappa shape index (κ1) is 30.9. The van der Waals surface area contributed by atoms with Gasteiger partial charge in [0.15, 0.2) is 0 Å². The number of hydrogen-bond acceptors (Lipinski definition) is 6. The predicted molar refractivity (Wildman–Crippen MR) is 128 cm³/mol. The van der Waals surface area contributed by atoms with Gasteiger partial charge in [0.1, 0.15) is 0 Å². The minimum absolute atomic E-state index is 0.152. The molecule has 32 heavy (non-hydrogen) atoms. The van der Waals surface area contributed by atoms with Crippen molar-refractivity contribution in [3.63, 3.8) is 0 Å². The number of carbonyl (C=O) groups excluding carboxylic acids is 2. The van der Waals surface area contributed by atoms with E-state index in [1.807, 2.05) is 13.8 Å². The Kier molecular flexibility index (Phi) is 22.2. The molecule has 0 N–H and O–H groups in total. The fourth-order valence-electron chi connectivity index (χ4n) is 3.20. The van der Waals surface area contributed by atoms with Crippen LogP contribution in [0.15, 0.2) is 0 Å². The molecular weight excluding hydrogens is 408 g/mol. The maximum Gasteiger partial charge on any atom is 0.308 e. The highest BCUT2D eigenvalue weighted by Gasteiger charge is 2.13. The number of rotatable bonds is 23. The number of carbonyl (C=O) groups is 2. The van der Waals surface area contributed by atoms with Gasteiger partial charge < -0.3 is 18.9 Å². The van der Waals surface area contributed by atoms with Gasteiger partial charge in [-0.15, -0.1) is 0 Å². The first-order valence-electron chi connectivity index (χ1n) is 13.2. The van der Waals surface area contributed by atoms with E-state index in [4.69, 9.17) is 18.9 Å². The van der Waals surface area contributed by atoms with E-state index in [0.717, 1.165) is 64.2 Å². The molecule has 0 aliphatic carbocycles.